The molecule has 0 saturated carbocycles. The zero-order chi connectivity index (χ0) is 15.5. The fourth-order valence-corrected chi connectivity index (χ4v) is 2.01. The van der Waals surface area contributed by atoms with E-state index in [1.807, 2.05) is 20.8 Å². The van der Waals surface area contributed by atoms with Crippen LogP contribution >= 0.6 is 12.2 Å². The number of rotatable bonds is 5. The van der Waals surface area contributed by atoms with Crippen LogP contribution in [-0.2, 0) is 6.18 Å². The summed E-state index contributed by atoms with van der Waals surface area (Å²) < 4.78 is 38.2. The molecule has 0 aromatic carbocycles. The van der Waals surface area contributed by atoms with Gasteiger partial charge in [0.1, 0.15) is 16.5 Å². The third kappa shape index (κ3) is 4.06. The van der Waals surface area contributed by atoms with E-state index < -0.39 is 11.9 Å². The maximum absolute atomic E-state index is 12.7. The van der Waals surface area contributed by atoms with Gasteiger partial charge in [-0.15, -0.1) is 0 Å². The molecule has 20 heavy (non-hydrogen) atoms. The van der Waals surface area contributed by atoms with E-state index in [1.54, 1.807) is 0 Å². The minimum atomic E-state index is -4.50. The molecular formula is C13H18F3N3S. The first kappa shape index (κ1) is 16.7. The lowest BCUT2D eigenvalue weighted by atomic mass is 10.0. The van der Waals surface area contributed by atoms with Crippen LogP contribution in [0.5, 0.6) is 0 Å². The Bertz CT molecular complexity index is 486. The summed E-state index contributed by atoms with van der Waals surface area (Å²) in [5.41, 5.74) is 4.90. The molecule has 1 aromatic heterocycles. The number of hydrogen-bond acceptors (Lipinski definition) is 3. The summed E-state index contributed by atoms with van der Waals surface area (Å²) in [6.45, 7) is 5.91. The van der Waals surface area contributed by atoms with Gasteiger partial charge in [-0.3, -0.25) is 0 Å². The number of hydrogen-bond donors (Lipinski definition) is 2. The highest BCUT2D eigenvalue weighted by Gasteiger charge is 2.33. The monoisotopic (exact) mass is 305 g/mol. The largest absolute Gasteiger partial charge is 0.433 e. The maximum Gasteiger partial charge on any atom is 0.433 e. The molecule has 1 atom stereocenters. The van der Waals surface area contributed by atoms with Gasteiger partial charge < -0.3 is 11.1 Å². The normalized spacial score (nSPS) is 13.3. The summed E-state index contributed by atoms with van der Waals surface area (Å²) >= 11 is 4.86. The molecule has 1 heterocycles. The van der Waals surface area contributed by atoms with Crippen molar-refractivity contribution in [1.82, 2.24) is 4.98 Å². The Kier molecular flexibility index (Phi) is 5.33. The highest BCUT2D eigenvalue weighted by Crippen LogP contribution is 2.30. The quantitative estimate of drug-likeness (QED) is 0.816. The predicted octanol–water partition coefficient (Wildman–Crippen LogP) is 3.58. The molecule has 0 aliphatic heterocycles. The van der Waals surface area contributed by atoms with Gasteiger partial charge in [0.15, 0.2) is 0 Å². The number of pyridine rings is 1. The Morgan fingerprint density at radius 1 is 1.40 bits per heavy atom. The van der Waals surface area contributed by atoms with Crippen LogP contribution in [0.3, 0.4) is 0 Å². The van der Waals surface area contributed by atoms with E-state index in [0.717, 1.165) is 12.5 Å². The summed E-state index contributed by atoms with van der Waals surface area (Å²) in [6.07, 6.45) is -3.74. The molecule has 1 aromatic rings. The molecule has 0 aliphatic rings. The minimum absolute atomic E-state index is 0.000848. The molecule has 112 valence electrons. The highest BCUT2D eigenvalue weighted by molar-refractivity contribution is 7.80. The van der Waals surface area contributed by atoms with Gasteiger partial charge in [0, 0.05) is 6.04 Å². The van der Waals surface area contributed by atoms with Crippen molar-refractivity contribution < 1.29 is 13.2 Å². The van der Waals surface area contributed by atoms with Gasteiger partial charge in [0.25, 0.3) is 0 Å². The molecule has 0 radical (unpaired) electrons. The first-order valence-electron chi connectivity index (χ1n) is 6.31. The average molecular weight is 305 g/mol. The molecule has 3 N–H and O–H groups in total. The van der Waals surface area contributed by atoms with Crippen molar-refractivity contribution in [3.05, 3.63) is 23.4 Å². The zero-order valence-corrected chi connectivity index (χ0v) is 12.4. The molecule has 0 saturated heterocycles. The first-order chi connectivity index (χ1) is 9.16. The number of aromatic nitrogens is 1. The summed E-state index contributed by atoms with van der Waals surface area (Å²) in [5.74, 6) is 0.336. The van der Waals surface area contributed by atoms with E-state index in [-0.39, 0.29) is 22.8 Å². The molecular weight excluding hydrogens is 287 g/mol. The van der Waals surface area contributed by atoms with E-state index in [9.17, 15) is 13.2 Å². The fraction of sp³-hybridized carbons (Fsp3) is 0.538. The van der Waals surface area contributed by atoms with Crippen molar-refractivity contribution in [2.24, 2.45) is 11.7 Å². The van der Waals surface area contributed by atoms with E-state index in [1.165, 1.54) is 6.07 Å². The molecule has 7 heteroatoms. The van der Waals surface area contributed by atoms with Crippen molar-refractivity contribution in [3.8, 4) is 0 Å². The lowest BCUT2D eigenvalue weighted by molar-refractivity contribution is -0.141. The van der Waals surface area contributed by atoms with Gasteiger partial charge in [0.05, 0.1) is 5.56 Å². The number of thiocarbonyl (C=S) groups is 1. The van der Waals surface area contributed by atoms with E-state index >= 15 is 0 Å². The summed E-state index contributed by atoms with van der Waals surface area (Å²) in [6, 6.07) is 2.14. The van der Waals surface area contributed by atoms with Crippen molar-refractivity contribution in [2.75, 3.05) is 5.32 Å². The van der Waals surface area contributed by atoms with Crippen molar-refractivity contribution in [2.45, 2.75) is 39.4 Å². The van der Waals surface area contributed by atoms with Crippen molar-refractivity contribution >= 4 is 23.0 Å². The van der Waals surface area contributed by atoms with Crippen molar-refractivity contribution in [1.29, 1.82) is 0 Å². The third-order valence-corrected chi connectivity index (χ3v) is 3.24. The van der Waals surface area contributed by atoms with Crippen LogP contribution in [-0.4, -0.2) is 16.0 Å². The molecule has 1 rings (SSSR count). The lowest BCUT2D eigenvalue weighted by Gasteiger charge is -2.23. The van der Waals surface area contributed by atoms with Crippen LogP contribution in [0.15, 0.2) is 12.1 Å². The molecule has 1 unspecified atom stereocenters. The maximum atomic E-state index is 12.7. The van der Waals surface area contributed by atoms with Crippen LogP contribution < -0.4 is 11.1 Å². The Hall–Kier alpha value is -1.37. The van der Waals surface area contributed by atoms with Crippen LogP contribution in [0.25, 0.3) is 0 Å². The van der Waals surface area contributed by atoms with Crippen molar-refractivity contribution in [3.63, 3.8) is 0 Å². The molecule has 0 bridgehead atoms. The number of halogens is 3. The molecule has 0 spiro atoms. The van der Waals surface area contributed by atoms with Crippen LogP contribution in [0.4, 0.5) is 19.0 Å². The first-order valence-corrected chi connectivity index (χ1v) is 6.72. The highest BCUT2D eigenvalue weighted by atomic mass is 32.1. The number of anilines is 1. The minimum Gasteiger partial charge on any atom is -0.389 e. The number of nitrogens with two attached hydrogens (primary N) is 1. The Morgan fingerprint density at radius 3 is 2.40 bits per heavy atom. The van der Waals surface area contributed by atoms with Crippen LogP contribution in [0.1, 0.15) is 38.4 Å². The van der Waals surface area contributed by atoms with Gasteiger partial charge >= 0.3 is 6.18 Å². The molecule has 0 fully saturated rings. The number of alkyl halides is 3. The second kappa shape index (κ2) is 6.39. The standard InChI is InChI=1S/C13H18F3N3S/c1-4-9(7(2)3)18-12-8(11(17)20)5-6-10(19-12)13(14,15)16/h5-7,9H,4H2,1-3H3,(H2,17,20)(H,18,19). The average Bonchev–Trinajstić information content (AvgIpc) is 2.33. The summed E-state index contributed by atoms with van der Waals surface area (Å²) in [7, 11) is 0. The van der Waals surface area contributed by atoms with Gasteiger partial charge in [-0.05, 0) is 24.5 Å². The topological polar surface area (TPSA) is 50.9 Å². The van der Waals surface area contributed by atoms with E-state index in [2.05, 4.69) is 10.3 Å². The van der Waals surface area contributed by atoms with Gasteiger partial charge in [-0.25, -0.2) is 4.98 Å². The van der Waals surface area contributed by atoms with E-state index in [0.29, 0.717) is 5.56 Å². The molecule has 3 nitrogen and oxygen atoms in total. The van der Waals surface area contributed by atoms with Gasteiger partial charge in [0.2, 0.25) is 0 Å². The van der Waals surface area contributed by atoms with Crippen LogP contribution in [0.2, 0.25) is 0 Å². The second-order valence-corrected chi connectivity index (χ2v) is 5.30. The van der Waals surface area contributed by atoms with E-state index in [4.69, 9.17) is 18.0 Å². The van der Waals surface area contributed by atoms with Crippen LogP contribution in [0, 0.1) is 5.92 Å². The molecule has 0 aliphatic carbocycles. The zero-order valence-electron chi connectivity index (χ0n) is 11.6. The van der Waals surface area contributed by atoms with Gasteiger partial charge in [-0.1, -0.05) is 33.0 Å². The Balaban J connectivity index is 3.22. The third-order valence-electron chi connectivity index (χ3n) is 3.02. The Labute approximate surface area is 121 Å². The SMILES string of the molecule is CCC(Nc1nc(C(F)(F)F)ccc1C(N)=S)C(C)C. The smallest absolute Gasteiger partial charge is 0.389 e. The molecule has 0 amide bonds. The van der Waals surface area contributed by atoms with Gasteiger partial charge in [-0.2, -0.15) is 13.2 Å². The Morgan fingerprint density at radius 2 is 2.00 bits per heavy atom. The predicted molar refractivity (Wildman–Crippen MR) is 77.7 cm³/mol. The summed E-state index contributed by atoms with van der Waals surface area (Å²) in [4.78, 5) is 3.65. The lowest BCUT2D eigenvalue weighted by Crippen LogP contribution is -2.28. The fourth-order valence-electron chi connectivity index (χ4n) is 1.84. The second-order valence-electron chi connectivity index (χ2n) is 4.86. The number of nitrogens with one attached hydrogen (secondary N) is 1. The summed E-state index contributed by atoms with van der Waals surface area (Å²) in [5, 5.41) is 3.01. The number of nitrogens with zero attached hydrogens (tertiary/aromatic N) is 1.